The van der Waals surface area contributed by atoms with Crippen molar-refractivity contribution in [3.63, 3.8) is 0 Å². The highest BCUT2D eigenvalue weighted by atomic mass is 32.1. The first kappa shape index (κ1) is 31.8. The van der Waals surface area contributed by atoms with Crippen molar-refractivity contribution in [3.8, 4) is 5.75 Å². The predicted molar refractivity (Wildman–Crippen MR) is 164 cm³/mol. The number of thiazole rings is 1. The van der Waals surface area contributed by atoms with E-state index in [0.717, 1.165) is 30.4 Å². The van der Waals surface area contributed by atoms with Gasteiger partial charge in [0, 0.05) is 26.0 Å². The molecule has 12 heteroatoms. The average Bonchev–Trinajstić information content (AvgIpc) is 3.43. The van der Waals surface area contributed by atoms with Gasteiger partial charge in [0.25, 0.3) is 17.4 Å². The number of amides is 1. The van der Waals surface area contributed by atoms with E-state index in [1.807, 2.05) is 31.2 Å². The number of nitrogens with zero attached hydrogens (tertiary/aromatic N) is 3. The number of anilines is 1. The summed E-state index contributed by atoms with van der Waals surface area (Å²) in [5, 5.41) is 7.42. The summed E-state index contributed by atoms with van der Waals surface area (Å²) >= 11 is 1.12. The number of rotatable bonds is 7. The number of para-hydroxylation sites is 1. The molecule has 0 bridgehead atoms. The molecule has 44 heavy (non-hydrogen) atoms. The van der Waals surface area contributed by atoms with Gasteiger partial charge in [-0.1, -0.05) is 61.2 Å². The van der Waals surface area contributed by atoms with Crippen LogP contribution in [0.1, 0.15) is 51.3 Å². The molecule has 2 aliphatic heterocycles. The first-order valence-corrected chi connectivity index (χ1v) is 14.5. The fourth-order valence-corrected chi connectivity index (χ4v) is 6.13. The third kappa shape index (κ3) is 6.30. The Morgan fingerprint density at radius 2 is 1.75 bits per heavy atom. The number of ether oxygens (including phenoxy) is 2. The summed E-state index contributed by atoms with van der Waals surface area (Å²) in [5.41, 5.74) is 2.51. The average molecular weight is 618 g/mol. The maximum atomic E-state index is 14.2. The Morgan fingerprint density at radius 3 is 2.36 bits per heavy atom. The summed E-state index contributed by atoms with van der Waals surface area (Å²) in [4.78, 5) is 68.1. The standard InChI is InChI=1S/C30H27N3O6S.C2H4O2/c1-5-15-32-22-10-8-7-9-21(22)24(27(32)35)26-28(36)33-25(19-11-13-20(14-12-19)39-18(4)34)23(29(37)38-16-6-2)17(3)31-30(33)40-26;1-2(3)4/h6-14,25H,2,5,15-16H2,1,3-4H3;1H3,(H,3,4)/b26-24-;. The molecule has 0 fully saturated rings. The fourth-order valence-electron chi connectivity index (χ4n) is 4.99. The van der Waals surface area contributed by atoms with Crippen LogP contribution in [0.4, 0.5) is 5.69 Å². The van der Waals surface area contributed by atoms with Gasteiger partial charge in [-0.25, -0.2) is 9.79 Å². The summed E-state index contributed by atoms with van der Waals surface area (Å²) in [6, 6.07) is 13.1. The number of carbonyl (C=O) groups excluding carboxylic acids is 3. The van der Waals surface area contributed by atoms with Crippen LogP contribution >= 0.6 is 11.3 Å². The number of fused-ring (bicyclic) bond motifs is 2. The molecule has 0 saturated carbocycles. The number of aliphatic carboxylic acids is 1. The topological polar surface area (TPSA) is 145 Å². The van der Waals surface area contributed by atoms with Crippen molar-refractivity contribution in [1.29, 1.82) is 0 Å². The highest BCUT2D eigenvalue weighted by molar-refractivity contribution is 7.07. The van der Waals surface area contributed by atoms with Gasteiger partial charge in [-0.3, -0.25) is 23.7 Å². The highest BCUT2D eigenvalue weighted by Gasteiger charge is 2.37. The molecule has 2 aromatic carbocycles. The van der Waals surface area contributed by atoms with Crippen LogP contribution in [0.5, 0.6) is 5.75 Å². The van der Waals surface area contributed by atoms with E-state index >= 15 is 0 Å². The minimum absolute atomic E-state index is 0.0131. The Balaban J connectivity index is 0.00000104. The zero-order valence-corrected chi connectivity index (χ0v) is 25.5. The fraction of sp³-hybridized carbons (Fsp3) is 0.250. The lowest BCUT2D eigenvalue weighted by molar-refractivity contribution is -0.138. The third-order valence-corrected chi connectivity index (χ3v) is 7.66. The van der Waals surface area contributed by atoms with Crippen LogP contribution in [-0.2, 0) is 23.9 Å². The monoisotopic (exact) mass is 617 g/mol. The van der Waals surface area contributed by atoms with Crippen molar-refractivity contribution in [2.24, 2.45) is 4.99 Å². The largest absolute Gasteiger partial charge is 0.481 e. The molecule has 0 aliphatic carbocycles. The van der Waals surface area contributed by atoms with E-state index in [0.29, 0.717) is 39.5 Å². The van der Waals surface area contributed by atoms with Crippen molar-refractivity contribution in [2.45, 2.75) is 40.2 Å². The van der Waals surface area contributed by atoms with E-state index in [-0.39, 0.29) is 22.6 Å². The number of esters is 2. The quantitative estimate of drug-likeness (QED) is 0.242. The van der Waals surface area contributed by atoms with Crippen LogP contribution < -0.4 is 24.5 Å². The number of benzene rings is 2. The molecule has 1 aromatic heterocycles. The SMILES string of the molecule is C=CCOC(=O)C1=C(C)N=c2s/c(=C3\C(=O)N(CCC)c4ccccc43)c(=O)n2C1c1ccc(OC(C)=O)cc1.CC(=O)O. The molecule has 0 spiro atoms. The predicted octanol–water partition coefficient (Wildman–Crippen LogP) is 3.11. The maximum Gasteiger partial charge on any atom is 0.338 e. The summed E-state index contributed by atoms with van der Waals surface area (Å²) in [7, 11) is 0. The zero-order valence-electron chi connectivity index (χ0n) is 24.7. The van der Waals surface area contributed by atoms with Crippen molar-refractivity contribution in [3.05, 3.63) is 103 Å². The first-order chi connectivity index (χ1) is 21.0. The molecule has 1 amide bonds. The van der Waals surface area contributed by atoms with Crippen molar-refractivity contribution < 1.29 is 33.8 Å². The second-order valence-electron chi connectivity index (χ2n) is 9.82. The van der Waals surface area contributed by atoms with E-state index in [1.165, 1.54) is 17.6 Å². The third-order valence-electron chi connectivity index (χ3n) is 6.60. The van der Waals surface area contributed by atoms with E-state index in [9.17, 15) is 19.2 Å². The molecule has 1 atom stereocenters. The van der Waals surface area contributed by atoms with Crippen LogP contribution in [0.2, 0.25) is 0 Å². The van der Waals surface area contributed by atoms with E-state index < -0.39 is 29.5 Å². The number of aromatic nitrogens is 1. The summed E-state index contributed by atoms with van der Waals surface area (Å²) < 4.78 is 12.2. The van der Waals surface area contributed by atoms with Gasteiger partial charge in [0.2, 0.25) is 0 Å². The number of carbonyl (C=O) groups is 4. The van der Waals surface area contributed by atoms with Crippen LogP contribution in [0, 0.1) is 0 Å². The van der Waals surface area contributed by atoms with Gasteiger partial charge in [-0.05, 0) is 37.1 Å². The Hall–Kier alpha value is -5.10. The van der Waals surface area contributed by atoms with Crippen LogP contribution in [0.15, 0.2) is 82.2 Å². The van der Waals surface area contributed by atoms with Crippen molar-refractivity contribution >= 4 is 46.4 Å². The minimum atomic E-state index is -0.882. The Morgan fingerprint density at radius 1 is 1.09 bits per heavy atom. The molecule has 2 aliphatic rings. The van der Waals surface area contributed by atoms with Crippen LogP contribution in [-0.4, -0.2) is 46.6 Å². The second-order valence-corrected chi connectivity index (χ2v) is 10.8. The molecule has 3 aromatic rings. The van der Waals surface area contributed by atoms with Gasteiger partial charge in [-0.15, -0.1) is 0 Å². The molecule has 1 unspecified atom stereocenters. The van der Waals surface area contributed by atoms with Gasteiger partial charge in [0.05, 0.1) is 28.6 Å². The molecular weight excluding hydrogens is 586 g/mol. The zero-order chi connectivity index (χ0) is 32.1. The highest BCUT2D eigenvalue weighted by Crippen LogP contribution is 2.36. The van der Waals surface area contributed by atoms with E-state index in [1.54, 1.807) is 36.1 Å². The number of carboxylic acid groups (broad SMARTS) is 1. The normalized spacial score (nSPS) is 16.2. The van der Waals surface area contributed by atoms with Gasteiger partial charge >= 0.3 is 11.9 Å². The van der Waals surface area contributed by atoms with Gasteiger partial charge in [0.15, 0.2) is 4.80 Å². The molecule has 5 rings (SSSR count). The summed E-state index contributed by atoms with van der Waals surface area (Å²) in [6.07, 6.45) is 2.21. The molecular formula is C32H31N3O8S. The maximum absolute atomic E-state index is 14.2. The Bertz CT molecular complexity index is 1860. The first-order valence-electron chi connectivity index (χ1n) is 13.7. The molecule has 228 valence electrons. The number of carboxylic acids is 1. The second kappa shape index (κ2) is 13.5. The number of hydrogen-bond acceptors (Lipinski definition) is 9. The molecule has 11 nitrogen and oxygen atoms in total. The summed E-state index contributed by atoms with van der Waals surface area (Å²) in [5.74, 6) is -1.85. The van der Waals surface area contributed by atoms with Crippen molar-refractivity contribution in [2.75, 3.05) is 18.1 Å². The number of hydrogen-bond donors (Lipinski definition) is 1. The minimum Gasteiger partial charge on any atom is -0.481 e. The van der Waals surface area contributed by atoms with Gasteiger partial charge in [-0.2, -0.15) is 0 Å². The van der Waals surface area contributed by atoms with E-state index in [2.05, 4.69) is 11.6 Å². The summed E-state index contributed by atoms with van der Waals surface area (Å²) in [6.45, 7) is 10.2. The molecule has 3 heterocycles. The Labute approximate surface area is 256 Å². The van der Waals surface area contributed by atoms with Crippen LogP contribution in [0.25, 0.3) is 5.57 Å². The number of allylic oxidation sites excluding steroid dienone is 1. The molecule has 0 radical (unpaired) electrons. The lowest BCUT2D eigenvalue weighted by Crippen LogP contribution is -2.41. The lowest BCUT2D eigenvalue weighted by Gasteiger charge is -2.24. The van der Waals surface area contributed by atoms with Crippen LogP contribution in [0.3, 0.4) is 0 Å². The Kier molecular flexibility index (Phi) is 9.74. The van der Waals surface area contributed by atoms with E-state index in [4.69, 9.17) is 19.4 Å². The smallest absolute Gasteiger partial charge is 0.338 e. The van der Waals surface area contributed by atoms with Gasteiger partial charge < -0.3 is 19.5 Å². The van der Waals surface area contributed by atoms with Gasteiger partial charge in [0.1, 0.15) is 16.9 Å². The van der Waals surface area contributed by atoms with Crippen molar-refractivity contribution in [1.82, 2.24) is 4.57 Å². The molecule has 1 N–H and O–H groups in total. The lowest BCUT2D eigenvalue weighted by atomic mass is 9.96. The molecule has 0 saturated heterocycles.